The first-order chi connectivity index (χ1) is 21.8. The van der Waals surface area contributed by atoms with Crippen LogP contribution in [0.5, 0.6) is 0 Å². The average molecular weight is 733 g/mol. The third kappa shape index (κ3) is 16.2. The number of benzene rings is 1. The summed E-state index contributed by atoms with van der Waals surface area (Å²) >= 11 is 0. The summed E-state index contributed by atoms with van der Waals surface area (Å²) in [5.41, 5.74) is 1.42. The Morgan fingerprint density at radius 2 is 1.10 bits per heavy atom. The van der Waals surface area contributed by atoms with Crippen LogP contribution >= 0.6 is 0 Å². The van der Waals surface area contributed by atoms with Crippen molar-refractivity contribution in [3.8, 4) is 0 Å². The average Bonchev–Trinajstić information content (AvgIpc) is 2.96. The summed E-state index contributed by atoms with van der Waals surface area (Å²) in [6.07, 6.45) is 0.272. The summed E-state index contributed by atoms with van der Waals surface area (Å²) in [6, 6.07) is 7.10. The standard InChI is InChI=1S/C24H36N10O10S2.2Na/c35-9-6-33(7-10-36)23-29-19(27-21(31-23)25-4-12-45(39,40)41)15-17-2-1-3-18(14-17)16-20-28-22(26-5-13-46(42,43)44)32-24(30-20)34(38)8-11-37;;/h1-3,14,35-38H,4-13,15-16H2,(H,39,40,41)(H,42,43,44)(H,25,27,29,31)(H,26,28,30,32);;/q;2*+1/p-2. The molecule has 20 nitrogen and oxygen atoms in total. The van der Waals surface area contributed by atoms with Gasteiger partial charge in [-0.15, -0.1) is 0 Å². The molecule has 1 aromatic carbocycles. The third-order valence-corrected chi connectivity index (χ3v) is 7.30. The van der Waals surface area contributed by atoms with E-state index in [9.17, 15) is 46.5 Å². The van der Waals surface area contributed by atoms with Crippen LogP contribution in [0.3, 0.4) is 0 Å². The van der Waals surface area contributed by atoms with Crippen molar-refractivity contribution in [2.24, 2.45) is 0 Å². The molecule has 0 fully saturated rings. The summed E-state index contributed by atoms with van der Waals surface area (Å²) in [5, 5.41) is 44.2. The number of rotatable bonds is 20. The first-order valence-electron chi connectivity index (χ1n) is 13.7. The zero-order valence-corrected chi connectivity index (χ0v) is 32.1. The van der Waals surface area contributed by atoms with Crippen molar-refractivity contribution < 1.29 is 106 Å². The van der Waals surface area contributed by atoms with E-state index in [-0.39, 0.29) is 153 Å². The van der Waals surface area contributed by atoms with Gasteiger partial charge in [0, 0.05) is 39.0 Å². The van der Waals surface area contributed by atoms with Gasteiger partial charge >= 0.3 is 59.1 Å². The Morgan fingerprint density at radius 1 is 0.667 bits per heavy atom. The second kappa shape index (κ2) is 21.3. The molecule has 0 radical (unpaired) electrons. The van der Waals surface area contributed by atoms with Crippen LogP contribution in [-0.4, -0.2) is 140 Å². The van der Waals surface area contributed by atoms with Gasteiger partial charge in [-0.25, -0.2) is 21.9 Å². The molecule has 0 aliphatic heterocycles. The molecule has 2 aromatic heterocycles. The van der Waals surface area contributed by atoms with Crippen LogP contribution in [0, 0.1) is 0 Å². The van der Waals surface area contributed by atoms with E-state index in [0.29, 0.717) is 10.6 Å². The van der Waals surface area contributed by atoms with E-state index in [1.165, 1.54) is 4.90 Å². The van der Waals surface area contributed by atoms with Gasteiger partial charge in [-0.05, 0) is 11.1 Å². The zero-order chi connectivity index (χ0) is 33.7. The smallest absolute Gasteiger partial charge is 0.748 e. The van der Waals surface area contributed by atoms with Gasteiger partial charge in [-0.3, -0.25) is 5.21 Å². The van der Waals surface area contributed by atoms with E-state index in [0.717, 1.165) is 5.56 Å². The maximum absolute atomic E-state index is 11.0. The van der Waals surface area contributed by atoms with Gasteiger partial charge in [-0.2, -0.15) is 29.9 Å². The number of nitrogens with zero attached hydrogens (tertiary/aromatic N) is 8. The van der Waals surface area contributed by atoms with E-state index in [1.54, 1.807) is 24.3 Å². The Labute approximate surface area is 321 Å². The van der Waals surface area contributed by atoms with Crippen LogP contribution < -0.4 is 79.7 Å². The molecule has 0 bridgehead atoms. The molecule has 0 aliphatic rings. The van der Waals surface area contributed by atoms with Gasteiger partial charge in [0.2, 0.25) is 17.8 Å². The van der Waals surface area contributed by atoms with Gasteiger partial charge in [0.25, 0.3) is 5.95 Å². The fraction of sp³-hybridized carbons (Fsp3) is 0.500. The van der Waals surface area contributed by atoms with E-state index in [2.05, 4.69) is 40.5 Å². The summed E-state index contributed by atoms with van der Waals surface area (Å²) in [7, 11) is -9.00. The minimum Gasteiger partial charge on any atom is -0.748 e. The normalized spacial score (nSPS) is 11.3. The Hall–Kier alpha value is -1.90. The molecule has 0 aliphatic carbocycles. The molecule has 3 rings (SSSR count). The predicted molar refractivity (Wildman–Crippen MR) is 160 cm³/mol. The van der Waals surface area contributed by atoms with Gasteiger partial charge in [-0.1, -0.05) is 24.3 Å². The van der Waals surface area contributed by atoms with Gasteiger partial charge < -0.3 is 40.0 Å². The number of anilines is 4. The van der Waals surface area contributed by atoms with Crippen molar-refractivity contribution in [3.05, 3.63) is 47.0 Å². The van der Waals surface area contributed by atoms with E-state index >= 15 is 0 Å². The topological polar surface area (TPSA) is 303 Å². The summed E-state index contributed by atoms with van der Waals surface area (Å²) in [4.78, 5) is 27.0. The molecular weight excluding hydrogens is 698 g/mol. The molecule has 6 N–H and O–H groups in total. The fourth-order valence-electron chi connectivity index (χ4n) is 3.93. The summed E-state index contributed by atoms with van der Waals surface area (Å²) in [6.45, 7) is -1.53. The molecule has 48 heavy (non-hydrogen) atoms. The van der Waals surface area contributed by atoms with Crippen molar-refractivity contribution in [1.29, 1.82) is 0 Å². The van der Waals surface area contributed by atoms with Gasteiger partial charge in [0.1, 0.15) is 11.6 Å². The summed E-state index contributed by atoms with van der Waals surface area (Å²) < 4.78 is 66.0. The van der Waals surface area contributed by atoms with Gasteiger partial charge in [0.05, 0.1) is 58.1 Å². The molecule has 0 saturated heterocycles. The quantitative estimate of drug-likeness (QED) is 0.0357. The SMILES string of the molecule is O=S(=O)([O-])CCNc1nc(Cc2cccc(Cc3nc(NCCS(=O)(=O)[O-])nc(N(CCO)CCO)n3)c2)nc(N(O)CCO)n1.[Na+].[Na+]. The summed E-state index contributed by atoms with van der Waals surface area (Å²) in [5.74, 6) is -1.25. The van der Waals surface area contributed by atoms with E-state index in [4.69, 9.17) is 0 Å². The fourth-order valence-corrected chi connectivity index (χ4v) is 4.63. The van der Waals surface area contributed by atoms with Crippen LogP contribution in [0.2, 0.25) is 0 Å². The minimum atomic E-state index is -4.50. The first kappa shape index (κ1) is 44.1. The van der Waals surface area contributed by atoms with Crippen LogP contribution in [0.4, 0.5) is 23.8 Å². The maximum atomic E-state index is 11.0. The Balaban J connectivity index is 0.00000576. The monoisotopic (exact) mass is 732 g/mol. The van der Waals surface area contributed by atoms with E-state index < -0.39 is 38.3 Å². The number of aromatic nitrogens is 6. The van der Waals surface area contributed by atoms with Crippen molar-refractivity contribution in [2.45, 2.75) is 12.8 Å². The molecule has 0 atom stereocenters. The minimum absolute atomic E-state index is 0. The number of nitrogens with one attached hydrogen (secondary N) is 2. The number of hydroxylamine groups is 1. The number of aliphatic hydroxyl groups is 3. The number of hydrogen-bond acceptors (Lipinski definition) is 20. The van der Waals surface area contributed by atoms with Crippen LogP contribution in [0.1, 0.15) is 22.8 Å². The van der Waals surface area contributed by atoms with Crippen LogP contribution in [0.25, 0.3) is 0 Å². The van der Waals surface area contributed by atoms with Crippen molar-refractivity contribution in [1.82, 2.24) is 29.9 Å². The molecule has 254 valence electrons. The molecule has 2 heterocycles. The van der Waals surface area contributed by atoms with Crippen molar-refractivity contribution >= 4 is 44.0 Å². The van der Waals surface area contributed by atoms with Crippen LogP contribution in [0.15, 0.2) is 24.3 Å². The Bertz CT molecular complexity index is 1660. The molecule has 24 heteroatoms. The molecule has 0 amide bonds. The number of aliphatic hydroxyl groups excluding tert-OH is 3. The number of hydrogen-bond donors (Lipinski definition) is 6. The second-order valence-corrected chi connectivity index (χ2v) is 12.6. The van der Waals surface area contributed by atoms with Crippen molar-refractivity contribution in [3.63, 3.8) is 0 Å². The molecule has 3 aromatic rings. The maximum Gasteiger partial charge on any atom is 1.00 e. The van der Waals surface area contributed by atoms with E-state index in [1.807, 2.05) is 0 Å². The molecular formula is C24H34N10Na2O10S2. The Morgan fingerprint density at radius 3 is 1.54 bits per heavy atom. The first-order valence-corrected chi connectivity index (χ1v) is 16.9. The van der Waals surface area contributed by atoms with Gasteiger partial charge in [0.15, 0.2) is 0 Å². The predicted octanol–water partition coefficient (Wildman–Crippen LogP) is -8.86. The second-order valence-electron chi connectivity index (χ2n) is 9.58. The Kier molecular flexibility index (Phi) is 19.6. The molecule has 0 spiro atoms. The largest absolute Gasteiger partial charge is 1.00 e. The third-order valence-electron chi connectivity index (χ3n) is 5.89. The van der Waals surface area contributed by atoms with Crippen molar-refractivity contribution in [2.75, 3.05) is 84.6 Å². The van der Waals surface area contributed by atoms with Crippen LogP contribution in [-0.2, 0) is 33.1 Å². The molecule has 0 unspecified atom stereocenters. The molecule has 0 saturated carbocycles. The zero-order valence-electron chi connectivity index (χ0n) is 26.4.